The van der Waals surface area contributed by atoms with E-state index in [9.17, 15) is 0 Å². The average molecular weight is 186 g/mol. The second-order valence-corrected chi connectivity index (χ2v) is 1.34. The Morgan fingerprint density at radius 1 is 1.12 bits per heavy atom. The molecule has 0 aliphatic heterocycles. The van der Waals surface area contributed by atoms with Gasteiger partial charge in [0.05, 0.1) is 0 Å². The van der Waals surface area contributed by atoms with E-state index in [0.717, 1.165) is 0 Å². The molecule has 0 spiro atoms. The second-order valence-electron chi connectivity index (χ2n) is 0.448. The molecule has 0 radical (unpaired) electrons. The van der Waals surface area contributed by atoms with Crippen LogP contribution in [0.5, 0.6) is 0 Å². The Morgan fingerprint density at radius 3 is 1.12 bits per heavy atom. The summed E-state index contributed by atoms with van der Waals surface area (Å²) >= 11 is 0. The van der Waals surface area contributed by atoms with Gasteiger partial charge in [-0.25, -0.2) is 0 Å². The van der Waals surface area contributed by atoms with Crippen molar-refractivity contribution in [2.75, 3.05) is 0 Å². The molecule has 0 heterocycles. The van der Waals surface area contributed by atoms with Crippen molar-refractivity contribution < 1.29 is 23.0 Å². The van der Waals surface area contributed by atoms with E-state index >= 15 is 0 Å². The Kier molecular flexibility index (Phi) is 25.3. The van der Waals surface area contributed by atoms with E-state index in [2.05, 4.69) is 0 Å². The van der Waals surface area contributed by atoms with E-state index in [1.807, 2.05) is 0 Å². The predicted octanol–water partition coefficient (Wildman–Crippen LogP) is -3.31. The molecule has 4 N–H and O–H groups in total. The predicted molar refractivity (Wildman–Crippen MR) is 34.9 cm³/mol. The molecule has 8 heavy (non-hydrogen) atoms. The van der Waals surface area contributed by atoms with Crippen LogP contribution in [0.15, 0.2) is 0 Å². The third-order valence-electron chi connectivity index (χ3n) is 0. The molecule has 0 saturated heterocycles. The van der Waals surface area contributed by atoms with Crippen molar-refractivity contribution in [3.05, 3.63) is 0 Å². The number of hydrogen-bond donors (Lipinski definition) is 2. The van der Waals surface area contributed by atoms with E-state index < -0.39 is 10.4 Å². The van der Waals surface area contributed by atoms with Crippen LogP contribution in [0.25, 0.3) is 0 Å². The van der Waals surface area contributed by atoms with Gasteiger partial charge >= 0.3 is 61.8 Å². The number of rotatable bonds is 0. The monoisotopic (exact) mass is 186 g/mol. The summed E-state index contributed by atoms with van der Waals surface area (Å²) in [6.45, 7) is 0. The van der Waals surface area contributed by atoms with Gasteiger partial charge in [-0.05, 0) is 0 Å². The van der Waals surface area contributed by atoms with Crippen molar-refractivity contribution in [2.24, 2.45) is 0 Å². The zero-order chi connectivity index (χ0) is 4.50. The van der Waals surface area contributed by atoms with Gasteiger partial charge in [0, 0.05) is 0 Å². The summed E-state index contributed by atoms with van der Waals surface area (Å²) in [5.74, 6) is 0. The Hall–Kier alpha value is 2.00. The van der Waals surface area contributed by atoms with Crippen molar-refractivity contribution in [2.45, 2.75) is 0 Å². The van der Waals surface area contributed by atoms with Gasteiger partial charge in [-0.15, -0.1) is 0 Å². The normalized spacial score (nSPS) is 7.25. The fourth-order valence-electron chi connectivity index (χ4n) is 0. The second kappa shape index (κ2) is 9.00. The van der Waals surface area contributed by atoms with Crippen LogP contribution in [-0.2, 0) is 10.4 Å². The first-order valence-electron chi connectivity index (χ1n) is 0.698. The molecule has 0 saturated carbocycles. The molecule has 0 amide bonds. The quantitative estimate of drug-likeness (QED) is 0.305. The first-order chi connectivity index (χ1) is 2.00. The molecule has 0 aromatic rings. The molecule has 48 valence electrons. The molecule has 0 aliphatic rings. The SMILES string of the molecule is O.O=S(=O)(O)O.[AlH3].[KH]. The van der Waals surface area contributed by atoms with Gasteiger partial charge in [0.25, 0.3) is 0 Å². The Morgan fingerprint density at radius 2 is 1.12 bits per heavy atom. The van der Waals surface area contributed by atoms with Crippen LogP contribution in [0.4, 0.5) is 0 Å². The van der Waals surface area contributed by atoms with E-state index in [1.54, 1.807) is 0 Å². The Labute approximate surface area is 100 Å². The van der Waals surface area contributed by atoms with Crippen molar-refractivity contribution in [3.8, 4) is 0 Å². The first-order valence-corrected chi connectivity index (χ1v) is 2.10. The molecule has 0 unspecified atom stereocenters. The van der Waals surface area contributed by atoms with Crippen LogP contribution in [0, 0.1) is 0 Å². The summed E-state index contributed by atoms with van der Waals surface area (Å²) < 4.78 is 31.6. The van der Waals surface area contributed by atoms with Gasteiger partial charge in [0.1, 0.15) is 0 Å². The molecule has 0 rings (SSSR count). The van der Waals surface area contributed by atoms with Crippen molar-refractivity contribution >= 4 is 79.1 Å². The summed E-state index contributed by atoms with van der Waals surface area (Å²) in [6.07, 6.45) is 0. The van der Waals surface area contributed by atoms with Gasteiger partial charge in [0.15, 0.2) is 17.4 Å². The van der Waals surface area contributed by atoms with E-state index in [0.29, 0.717) is 0 Å². The zero-order valence-corrected chi connectivity index (χ0v) is 3.44. The first kappa shape index (κ1) is 22.5. The van der Waals surface area contributed by atoms with Crippen molar-refractivity contribution in [3.63, 3.8) is 0 Å². The fourth-order valence-corrected chi connectivity index (χ4v) is 0. The third-order valence-corrected chi connectivity index (χ3v) is 0. The fraction of sp³-hybridized carbons (Fsp3) is 0. The van der Waals surface area contributed by atoms with E-state index in [4.69, 9.17) is 17.5 Å². The van der Waals surface area contributed by atoms with Crippen LogP contribution in [-0.4, -0.2) is 91.7 Å². The maximum absolute atomic E-state index is 8.74. The molecule has 0 aliphatic carbocycles. The van der Waals surface area contributed by atoms with Gasteiger partial charge in [-0.1, -0.05) is 0 Å². The average Bonchev–Trinajstić information content (AvgIpc) is 0.722. The van der Waals surface area contributed by atoms with Gasteiger partial charge in [-0.2, -0.15) is 8.42 Å². The molecule has 0 atom stereocenters. The zero-order valence-electron chi connectivity index (χ0n) is 2.62. The Bertz CT molecular complexity index is 95.6. The van der Waals surface area contributed by atoms with Crippen LogP contribution in [0.1, 0.15) is 0 Å². The van der Waals surface area contributed by atoms with Crippen molar-refractivity contribution in [1.29, 1.82) is 0 Å². The minimum atomic E-state index is -4.67. The molecule has 0 bridgehead atoms. The van der Waals surface area contributed by atoms with Crippen LogP contribution < -0.4 is 0 Å². The van der Waals surface area contributed by atoms with E-state index in [-0.39, 0.29) is 74.2 Å². The van der Waals surface area contributed by atoms with Crippen LogP contribution in [0.3, 0.4) is 0 Å². The summed E-state index contributed by atoms with van der Waals surface area (Å²) in [6, 6.07) is 0. The summed E-state index contributed by atoms with van der Waals surface area (Å²) in [5, 5.41) is 0. The molecule has 0 aromatic heterocycles. The maximum atomic E-state index is 8.74. The minimum absolute atomic E-state index is 0. The van der Waals surface area contributed by atoms with Crippen molar-refractivity contribution in [1.82, 2.24) is 0 Å². The summed E-state index contributed by atoms with van der Waals surface area (Å²) in [4.78, 5) is 0. The standard InChI is InChI=1S/Al.K.H2O4S.H2O.4H/c;;1-5(2,3)4;;;;;/h;;(H2,1,2,3,4);1H2;;;;. The van der Waals surface area contributed by atoms with Gasteiger partial charge in [-0.3, -0.25) is 9.11 Å². The van der Waals surface area contributed by atoms with Crippen LogP contribution >= 0.6 is 0 Å². The summed E-state index contributed by atoms with van der Waals surface area (Å²) in [7, 11) is -4.67. The van der Waals surface area contributed by atoms with Gasteiger partial charge in [0.2, 0.25) is 0 Å². The molecular formula is H8AlKO5S. The third kappa shape index (κ3) is 98.1. The Balaban J connectivity index is -0.0000000267. The molecule has 0 fully saturated rings. The topological polar surface area (TPSA) is 106 Å². The molecule has 0 aromatic carbocycles. The van der Waals surface area contributed by atoms with Crippen LogP contribution in [0.2, 0.25) is 0 Å². The summed E-state index contributed by atoms with van der Waals surface area (Å²) in [5.41, 5.74) is 0. The van der Waals surface area contributed by atoms with E-state index in [1.165, 1.54) is 0 Å². The molecule has 8 heteroatoms. The molecular weight excluding hydrogens is 178 g/mol. The number of hydrogen-bond acceptors (Lipinski definition) is 2. The molecule has 5 nitrogen and oxygen atoms in total. The van der Waals surface area contributed by atoms with Gasteiger partial charge < -0.3 is 5.48 Å².